The van der Waals surface area contributed by atoms with E-state index in [1.165, 1.54) is 12.8 Å². The molecule has 0 bridgehead atoms. The van der Waals surface area contributed by atoms with Crippen molar-refractivity contribution in [3.63, 3.8) is 0 Å². The number of nitrogens with zero attached hydrogens (tertiary/aromatic N) is 4. The highest BCUT2D eigenvalue weighted by Crippen LogP contribution is 2.32. The fraction of sp³-hybridized carbons (Fsp3) is 0.889. The predicted molar refractivity (Wildman–Crippen MR) is 113 cm³/mol. The number of carbonyl (C=O) groups excluding carboxylic acids is 1. The van der Waals surface area contributed by atoms with Gasteiger partial charge in [-0.15, -0.1) is 24.0 Å². The number of likely N-dealkylation sites (tertiary alicyclic amines) is 1. The van der Waals surface area contributed by atoms with Gasteiger partial charge >= 0.3 is 6.09 Å². The highest BCUT2D eigenvalue weighted by Gasteiger charge is 2.35. The molecule has 0 aromatic rings. The molecule has 1 aliphatic carbocycles. The molecule has 0 aromatic carbocycles. The van der Waals surface area contributed by atoms with Crippen molar-refractivity contribution >= 4 is 36.0 Å². The maximum Gasteiger partial charge on any atom is 0.410 e. The Hall–Kier alpha value is -0.730. The van der Waals surface area contributed by atoms with Gasteiger partial charge in [-0.1, -0.05) is 0 Å². The van der Waals surface area contributed by atoms with E-state index in [1.807, 2.05) is 46.8 Å². The van der Waals surface area contributed by atoms with Gasteiger partial charge in [0.15, 0.2) is 5.96 Å². The van der Waals surface area contributed by atoms with E-state index in [2.05, 4.69) is 14.8 Å². The molecule has 0 unspecified atom stereocenters. The van der Waals surface area contributed by atoms with E-state index in [-0.39, 0.29) is 36.1 Å². The molecular formula is C18H35IN4O2. The van der Waals surface area contributed by atoms with Gasteiger partial charge in [0.05, 0.1) is 0 Å². The minimum Gasteiger partial charge on any atom is -0.444 e. The molecule has 0 radical (unpaired) electrons. The molecule has 2 aliphatic rings. The molecule has 2 rings (SSSR count). The summed E-state index contributed by atoms with van der Waals surface area (Å²) < 4.78 is 5.66. The number of halogens is 1. The van der Waals surface area contributed by atoms with Gasteiger partial charge in [-0.2, -0.15) is 0 Å². The van der Waals surface area contributed by atoms with Crippen molar-refractivity contribution in [2.75, 3.05) is 40.8 Å². The van der Waals surface area contributed by atoms with Crippen LogP contribution in [0.25, 0.3) is 0 Å². The van der Waals surface area contributed by atoms with Crippen LogP contribution in [-0.2, 0) is 4.74 Å². The Labute approximate surface area is 170 Å². The normalized spacial score (nSPS) is 19.3. The fourth-order valence-corrected chi connectivity index (χ4v) is 3.27. The smallest absolute Gasteiger partial charge is 0.410 e. The Kier molecular flexibility index (Phi) is 8.28. The Morgan fingerprint density at radius 1 is 1.16 bits per heavy atom. The largest absolute Gasteiger partial charge is 0.444 e. The molecular weight excluding hydrogens is 431 g/mol. The van der Waals surface area contributed by atoms with Crippen LogP contribution in [0.4, 0.5) is 4.79 Å². The van der Waals surface area contributed by atoms with Crippen molar-refractivity contribution in [1.82, 2.24) is 14.7 Å². The van der Waals surface area contributed by atoms with Gasteiger partial charge < -0.3 is 19.4 Å². The fourth-order valence-electron chi connectivity index (χ4n) is 3.27. The summed E-state index contributed by atoms with van der Waals surface area (Å²) in [4.78, 5) is 23.4. The van der Waals surface area contributed by atoms with Gasteiger partial charge in [0, 0.05) is 46.8 Å². The average Bonchev–Trinajstić information content (AvgIpc) is 3.28. The molecule has 0 N–H and O–H groups in total. The van der Waals surface area contributed by atoms with Crippen molar-refractivity contribution < 1.29 is 9.53 Å². The summed E-state index contributed by atoms with van der Waals surface area (Å²) in [6.45, 7) is 8.51. The Bertz CT molecular complexity index is 464. The molecule has 2 fully saturated rings. The number of hydrogen-bond acceptors (Lipinski definition) is 3. The first-order chi connectivity index (χ1) is 11.2. The molecule has 1 heterocycles. The first-order valence-electron chi connectivity index (χ1n) is 9.10. The Morgan fingerprint density at radius 3 is 2.12 bits per heavy atom. The maximum atomic E-state index is 12.7. The zero-order valence-corrected chi connectivity index (χ0v) is 18.9. The van der Waals surface area contributed by atoms with E-state index in [9.17, 15) is 4.79 Å². The molecule has 0 atom stereocenters. The van der Waals surface area contributed by atoms with Gasteiger partial charge in [-0.05, 0) is 52.4 Å². The Morgan fingerprint density at radius 2 is 1.72 bits per heavy atom. The number of piperidine rings is 1. The lowest BCUT2D eigenvalue weighted by molar-refractivity contribution is 0.00911. The summed E-state index contributed by atoms with van der Waals surface area (Å²) in [6.07, 6.45) is 4.28. The molecule has 1 saturated carbocycles. The molecule has 146 valence electrons. The molecule has 25 heavy (non-hydrogen) atoms. The van der Waals surface area contributed by atoms with Gasteiger partial charge in [0.25, 0.3) is 0 Å². The predicted octanol–water partition coefficient (Wildman–Crippen LogP) is 3.26. The standard InChI is InChI=1S/C18H34N4O2.HI/c1-18(2,3)24-17(23)22(13-14-7-8-14)15-9-11-21(12-10-15)16(19-4)20(5)6;/h14-15H,7-13H2,1-6H3;1H. The third-order valence-electron chi connectivity index (χ3n) is 4.57. The SMILES string of the molecule is CN=C(N(C)C)N1CCC(N(CC2CC2)C(=O)OC(C)(C)C)CC1.I. The number of rotatable bonds is 3. The first kappa shape index (κ1) is 22.3. The highest BCUT2D eigenvalue weighted by atomic mass is 127. The zero-order chi connectivity index (χ0) is 17.9. The van der Waals surface area contributed by atoms with Crippen molar-refractivity contribution in [3.8, 4) is 0 Å². The number of amides is 1. The lowest BCUT2D eigenvalue weighted by Crippen LogP contribution is -2.52. The lowest BCUT2D eigenvalue weighted by Gasteiger charge is -2.41. The monoisotopic (exact) mass is 466 g/mol. The van der Waals surface area contributed by atoms with Crippen LogP contribution in [0, 0.1) is 5.92 Å². The lowest BCUT2D eigenvalue weighted by atomic mass is 10.0. The van der Waals surface area contributed by atoms with Crippen molar-refractivity contribution in [3.05, 3.63) is 0 Å². The summed E-state index contributed by atoms with van der Waals surface area (Å²) in [5.74, 6) is 1.68. The molecule has 0 aromatic heterocycles. The molecule has 6 nitrogen and oxygen atoms in total. The summed E-state index contributed by atoms with van der Waals surface area (Å²) >= 11 is 0. The van der Waals surface area contributed by atoms with Crippen LogP contribution < -0.4 is 0 Å². The van der Waals surface area contributed by atoms with Gasteiger partial charge in [-0.25, -0.2) is 4.79 Å². The van der Waals surface area contributed by atoms with Crippen LogP contribution in [0.5, 0.6) is 0 Å². The van der Waals surface area contributed by atoms with Crippen LogP contribution in [0.15, 0.2) is 4.99 Å². The summed E-state index contributed by atoms with van der Waals surface area (Å²) in [5, 5.41) is 0. The van der Waals surface area contributed by atoms with E-state index < -0.39 is 5.60 Å². The molecule has 1 aliphatic heterocycles. The summed E-state index contributed by atoms with van der Waals surface area (Å²) in [7, 11) is 5.88. The van der Waals surface area contributed by atoms with Gasteiger partial charge in [0.1, 0.15) is 5.60 Å². The summed E-state index contributed by atoms with van der Waals surface area (Å²) in [5.41, 5.74) is -0.438. The zero-order valence-electron chi connectivity index (χ0n) is 16.6. The van der Waals surface area contributed by atoms with Crippen molar-refractivity contribution in [2.45, 2.75) is 58.1 Å². The van der Waals surface area contributed by atoms with Crippen LogP contribution in [0.2, 0.25) is 0 Å². The number of aliphatic imine (C=N–C) groups is 1. The number of hydrogen-bond donors (Lipinski definition) is 0. The first-order valence-corrected chi connectivity index (χ1v) is 9.10. The van der Waals surface area contributed by atoms with Crippen molar-refractivity contribution in [2.24, 2.45) is 10.9 Å². The third-order valence-corrected chi connectivity index (χ3v) is 4.57. The molecule has 1 amide bonds. The quantitative estimate of drug-likeness (QED) is 0.364. The van der Waals surface area contributed by atoms with Gasteiger partial charge in [0.2, 0.25) is 0 Å². The van der Waals surface area contributed by atoms with E-state index in [0.29, 0.717) is 5.92 Å². The minimum atomic E-state index is -0.438. The second-order valence-electron chi connectivity index (χ2n) is 8.21. The van der Waals surface area contributed by atoms with Crippen LogP contribution in [-0.4, -0.2) is 79.2 Å². The second kappa shape index (κ2) is 9.28. The van der Waals surface area contributed by atoms with E-state index in [4.69, 9.17) is 4.74 Å². The van der Waals surface area contributed by atoms with Crippen molar-refractivity contribution in [1.29, 1.82) is 0 Å². The van der Waals surface area contributed by atoms with E-state index in [0.717, 1.165) is 38.4 Å². The number of carbonyl (C=O) groups is 1. The average molecular weight is 466 g/mol. The number of ether oxygens (including phenoxy) is 1. The third kappa shape index (κ3) is 6.83. The minimum absolute atomic E-state index is 0. The van der Waals surface area contributed by atoms with Crippen LogP contribution in [0.3, 0.4) is 0 Å². The van der Waals surface area contributed by atoms with E-state index in [1.54, 1.807) is 0 Å². The Balaban J connectivity index is 0.00000312. The van der Waals surface area contributed by atoms with E-state index >= 15 is 0 Å². The molecule has 1 saturated heterocycles. The summed E-state index contributed by atoms with van der Waals surface area (Å²) in [6, 6.07) is 0.275. The molecule has 0 spiro atoms. The van der Waals surface area contributed by atoms with Gasteiger partial charge in [-0.3, -0.25) is 4.99 Å². The molecule has 7 heteroatoms. The number of guanidine groups is 1. The highest BCUT2D eigenvalue weighted by molar-refractivity contribution is 14.0. The second-order valence-corrected chi connectivity index (χ2v) is 8.21. The topological polar surface area (TPSA) is 48.4 Å². The van der Waals surface area contributed by atoms with Crippen LogP contribution >= 0.6 is 24.0 Å². The maximum absolute atomic E-state index is 12.7. The van der Waals surface area contributed by atoms with Crippen LogP contribution in [0.1, 0.15) is 46.5 Å².